The number of alkyl halides is 1. The molecule has 0 fully saturated rings. The average molecular weight is 329 g/mol. The van der Waals surface area contributed by atoms with E-state index in [9.17, 15) is 4.79 Å². The Kier molecular flexibility index (Phi) is 8.10. The second kappa shape index (κ2) is 9.57. The number of ether oxygens (including phenoxy) is 3. The Balaban J connectivity index is 3.12. The van der Waals surface area contributed by atoms with Crippen LogP contribution in [0.2, 0.25) is 0 Å². The fourth-order valence-corrected chi connectivity index (χ4v) is 2.41. The molecule has 4 nitrogen and oxygen atoms in total. The van der Waals surface area contributed by atoms with Crippen molar-refractivity contribution >= 4 is 17.9 Å². The zero-order chi connectivity index (χ0) is 16.5. The Morgan fingerprint density at radius 3 is 2.36 bits per heavy atom. The number of methoxy groups -OCH3 is 2. The van der Waals surface area contributed by atoms with Crippen molar-refractivity contribution in [3.05, 3.63) is 17.7 Å². The van der Waals surface area contributed by atoms with Crippen molar-refractivity contribution in [3.8, 4) is 17.2 Å². The number of halogens is 1. The van der Waals surface area contributed by atoms with Gasteiger partial charge in [0.1, 0.15) is 12.4 Å². The SMILES string of the molecule is COc1cc(CC=O)cc(O[C@H](CCCCl)C(C)C)c1OC. The molecule has 0 aromatic heterocycles. The van der Waals surface area contributed by atoms with E-state index in [2.05, 4.69) is 13.8 Å². The molecule has 124 valence electrons. The summed E-state index contributed by atoms with van der Waals surface area (Å²) >= 11 is 5.79. The van der Waals surface area contributed by atoms with Crippen LogP contribution in [0.4, 0.5) is 0 Å². The zero-order valence-corrected chi connectivity index (χ0v) is 14.5. The average Bonchev–Trinajstić information content (AvgIpc) is 2.50. The molecule has 0 bridgehead atoms. The number of hydrogen-bond donors (Lipinski definition) is 0. The van der Waals surface area contributed by atoms with E-state index in [4.69, 9.17) is 25.8 Å². The molecule has 0 radical (unpaired) electrons. The van der Waals surface area contributed by atoms with Crippen LogP contribution < -0.4 is 14.2 Å². The van der Waals surface area contributed by atoms with Crippen molar-refractivity contribution in [1.82, 2.24) is 0 Å². The third-order valence-corrected chi connectivity index (χ3v) is 3.74. The molecule has 0 unspecified atom stereocenters. The summed E-state index contributed by atoms with van der Waals surface area (Å²) in [4.78, 5) is 10.8. The minimum absolute atomic E-state index is 0.0313. The van der Waals surface area contributed by atoms with E-state index < -0.39 is 0 Å². The molecule has 0 aliphatic carbocycles. The van der Waals surface area contributed by atoms with Crippen LogP contribution in [0.1, 0.15) is 32.3 Å². The van der Waals surface area contributed by atoms with E-state index in [-0.39, 0.29) is 6.10 Å². The highest BCUT2D eigenvalue weighted by Crippen LogP contribution is 2.39. The lowest BCUT2D eigenvalue weighted by Gasteiger charge is -2.24. The third kappa shape index (κ3) is 5.09. The quantitative estimate of drug-likeness (QED) is 0.483. The van der Waals surface area contributed by atoms with E-state index >= 15 is 0 Å². The summed E-state index contributed by atoms with van der Waals surface area (Å²) in [6.07, 6.45) is 2.95. The molecule has 5 heteroatoms. The molecule has 1 aromatic carbocycles. The van der Waals surface area contributed by atoms with E-state index in [0.717, 1.165) is 24.7 Å². The number of rotatable bonds is 10. The molecule has 1 atom stereocenters. The van der Waals surface area contributed by atoms with Gasteiger partial charge in [-0.05, 0) is 36.5 Å². The lowest BCUT2D eigenvalue weighted by atomic mass is 10.0. The standard InChI is InChI=1S/C17H25ClO4/c1-12(2)14(6-5-8-18)22-16-11-13(7-9-19)10-15(20-3)17(16)21-4/h9-12,14H,5-8H2,1-4H3/t14-/m1/s1. The molecule has 0 aliphatic rings. The Bertz CT molecular complexity index is 474. The van der Waals surface area contributed by atoms with Gasteiger partial charge in [0.15, 0.2) is 11.5 Å². The van der Waals surface area contributed by atoms with Crippen LogP contribution in [0.25, 0.3) is 0 Å². The van der Waals surface area contributed by atoms with Gasteiger partial charge in [-0.15, -0.1) is 11.6 Å². The summed E-state index contributed by atoms with van der Waals surface area (Å²) in [5.74, 6) is 2.67. The fraction of sp³-hybridized carbons (Fsp3) is 0.588. The molecule has 1 aromatic rings. The second-order valence-corrected chi connectivity index (χ2v) is 5.81. The molecular weight excluding hydrogens is 304 g/mol. The van der Waals surface area contributed by atoms with Gasteiger partial charge >= 0.3 is 0 Å². The van der Waals surface area contributed by atoms with Gasteiger partial charge in [-0.3, -0.25) is 0 Å². The van der Waals surface area contributed by atoms with Crippen LogP contribution in [-0.4, -0.2) is 32.5 Å². The van der Waals surface area contributed by atoms with Crippen LogP contribution in [0.3, 0.4) is 0 Å². The van der Waals surface area contributed by atoms with Crippen LogP contribution in [0, 0.1) is 5.92 Å². The van der Waals surface area contributed by atoms with Gasteiger partial charge in [-0.1, -0.05) is 13.8 Å². The van der Waals surface area contributed by atoms with Crippen molar-refractivity contribution in [2.75, 3.05) is 20.1 Å². The first-order valence-electron chi connectivity index (χ1n) is 7.48. The van der Waals surface area contributed by atoms with Crippen molar-refractivity contribution in [1.29, 1.82) is 0 Å². The summed E-state index contributed by atoms with van der Waals surface area (Å²) in [7, 11) is 3.15. The Labute approximate surface area is 137 Å². The zero-order valence-electron chi connectivity index (χ0n) is 13.7. The number of benzene rings is 1. The molecule has 0 saturated heterocycles. The van der Waals surface area contributed by atoms with Crippen LogP contribution in [0.5, 0.6) is 17.2 Å². The molecule has 1 rings (SSSR count). The van der Waals surface area contributed by atoms with Crippen LogP contribution in [0.15, 0.2) is 12.1 Å². The summed E-state index contributed by atoms with van der Waals surface area (Å²) in [6.45, 7) is 4.22. The maximum Gasteiger partial charge on any atom is 0.203 e. The van der Waals surface area contributed by atoms with E-state index in [1.165, 1.54) is 0 Å². The third-order valence-electron chi connectivity index (χ3n) is 3.47. The first-order chi connectivity index (χ1) is 10.6. The molecule has 0 saturated carbocycles. The first-order valence-corrected chi connectivity index (χ1v) is 8.01. The van der Waals surface area contributed by atoms with Crippen molar-refractivity contribution in [2.24, 2.45) is 5.92 Å². The largest absolute Gasteiger partial charge is 0.493 e. The highest BCUT2D eigenvalue weighted by Gasteiger charge is 2.20. The van der Waals surface area contributed by atoms with Gasteiger partial charge in [-0.25, -0.2) is 0 Å². The monoisotopic (exact) mass is 328 g/mol. The van der Waals surface area contributed by atoms with Gasteiger partial charge < -0.3 is 19.0 Å². The van der Waals surface area contributed by atoms with Gasteiger partial charge in [0.2, 0.25) is 5.75 Å². The molecule has 0 spiro atoms. The molecule has 22 heavy (non-hydrogen) atoms. The van der Waals surface area contributed by atoms with Gasteiger partial charge in [0.25, 0.3) is 0 Å². The van der Waals surface area contributed by atoms with Crippen molar-refractivity contribution < 1.29 is 19.0 Å². The molecule has 0 aliphatic heterocycles. The number of carbonyl (C=O) groups excluding carboxylic acids is 1. The Morgan fingerprint density at radius 2 is 1.86 bits per heavy atom. The lowest BCUT2D eigenvalue weighted by molar-refractivity contribution is -0.107. The molecule has 0 N–H and O–H groups in total. The molecule has 0 heterocycles. The Morgan fingerprint density at radius 1 is 1.18 bits per heavy atom. The predicted octanol–water partition coefficient (Wildman–Crippen LogP) is 3.87. The predicted molar refractivity (Wildman–Crippen MR) is 88.5 cm³/mol. The van der Waals surface area contributed by atoms with E-state index in [0.29, 0.717) is 35.5 Å². The van der Waals surface area contributed by atoms with Gasteiger partial charge in [0.05, 0.1) is 14.2 Å². The van der Waals surface area contributed by atoms with Crippen LogP contribution >= 0.6 is 11.6 Å². The van der Waals surface area contributed by atoms with Gasteiger partial charge in [-0.2, -0.15) is 0 Å². The maximum absolute atomic E-state index is 10.8. The number of hydrogen-bond acceptors (Lipinski definition) is 4. The summed E-state index contributed by atoms with van der Waals surface area (Å²) in [5, 5.41) is 0. The highest BCUT2D eigenvalue weighted by atomic mass is 35.5. The maximum atomic E-state index is 10.8. The topological polar surface area (TPSA) is 44.8 Å². The lowest BCUT2D eigenvalue weighted by Crippen LogP contribution is -2.23. The normalized spacial score (nSPS) is 12.1. The summed E-state index contributed by atoms with van der Waals surface area (Å²) in [6, 6.07) is 3.63. The van der Waals surface area contributed by atoms with E-state index in [1.807, 2.05) is 6.07 Å². The first kappa shape index (κ1) is 18.6. The number of aldehydes is 1. The minimum atomic E-state index is 0.0313. The fourth-order valence-electron chi connectivity index (χ4n) is 2.26. The highest BCUT2D eigenvalue weighted by molar-refractivity contribution is 6.17. The smallest absolute Gasteiger partial charge is 0.203 e. The number of carbonyl (C=O) groups is 1. The van der Waals surface area contributed by atoms with Crippen LogP contribution in [-0.2, 0) is 11.2 Å². The van der Waals surface area contributed by atoms with Crippen molar-refractivity contribution in [2.45, 2.75) is 39.2 Å². The van der Waals surface area contributed by atoms with Crippen molar-refractivity contribution in [3.63, 3.8) is 0 Å². The van der Waals surface area contributed by atoms with Gasteiger partial charge in [0, 0.05) is 12.3 Å². The molecular formula is C17H25ClO4. The minimum Gasteiger partial charge on any atom is -0.493 e. The second-order valence-electron chi connectivity index (χ2n) is 5.43. The van der Waals surface area contributed by atoms with E-state index in [1.54, 1.807) is 20.3 Å². The summed E-state index contributed by atoms with van der Waals surface area (Å²) < 4.78 is 16.9. The molecule has 0 amide bonds. The summed E-state index contributed by atoms with van der Waals surface area (Å²) in [5.41, 5.74) is 0.836. The Hall–Kier alpha value is -1.42.